The Kier molecular flexibility index (Phi) is 5.92. The van der Waals surface area contributed by atoms with Crippen LogP contribution in [-0.2, 0) is 24.3 Å². The Labute approximate surface area is 134 Å². The van der Waals surface area contributed by atoms with E-state index in [1.807, 2.05) is 0 Å². The molecule has 0 heterocycles. The Hall–Kier alpha value is -1.64. The normalized spacial score (nSPS) is 12.8. The lowest BCUT2D eigenvalue weighted by Crippen LogP contribution is -2.29. The third kappa shape index (κ3) is 4.43. The maximum Gasteiger partial charge on any atom is 0.303 e. The van der Waals surface area contributed by atoms with Crippen molar-refractivity contribution in [3.8, 4) is 0 Å². The van der Waals surface area contributed by atoms with Crippen LogP contribution in [-0.4, -0.2) is 44.8 Å². The molecule has 1 amide bonds. The fourth-order valence-electron chi connectivity index (χ4n) is 1.52. The van der Waals surface area contributed by atoms with Crippen LogP contribution >= 0.6 is 11.6 Å². The summed E-state index contributed by atoms with van der Waals surface area (Å²) in [4.78, 5) is 22.5. The first-order valence-electron chi connectivity index (χ1n) is 6.26. The molecule has 0 spiro atoms. The SMILES string of the molecule is CC(=O)O[C@H](C)C(=O)Nc1ccc(Cl)c(S(=O)(=O)N(C)C)c1. The second-order valence-electron chi connectivity index (χ2n) is 4.67. The molecule has 22 heavy (non-hydrogen) atoms. The van der Waals surface area contributed by atoms with Gasteiger partial charge in [-0.25, -0.2) is 12.7 Å². The number of amides is 1. The van der Waals surface area contributed by atoms with Gasteiger partial charge in [0, 0.05) is 26.7 Å². The van der Waals surface area contributed by atoms with Crippen LogP contribution < -0.4 is 5.32 Å². The van der Waals surface area contributed by atoms with Crippen LogP contribution in [0.25, 0.3) is 0 Å². The van der Waals surface area contributed by atoms with Gasteiger partial charge < -0.3 is 10.1 Å². The van der Waals surface area contributed by atoms with Gasteiger partial charge in [0.15, 0.2) is 6.10 Å². The minimum atomic E-state index is -3.74. The number of carbonyl (C=O) groups excluding carboxylic acids is 2. The van der Waals surface area contributed by atoms with Crippen molar-refractivity contribution in [3.63, 3.8) is 0 Å². The summed E-state index contributed by atoms with van der Waals surface area (Å²) in [6.07, 6.45) is -0.998. The maximum absolute atomic E-state index is 12.1. The number of sulfonamides is 1. The van der Waals surface area contributed by atoms with Gasteiger partial charge in [-0.3, -0.25) is 9.59 Å². The molecule has 1 aromatic rings. The van der Waals surface area contributed by atoms with Crippen LogP contribution in [0, 0.1) is 0 Å². The highest BCUT2D eigenvalue weighted by Crippen LogP contribution is 2.26. The number of ether oxygens (including phenoxy) is 1. The van der Waals surface area contributed by atoms with Crippen molar-refractivity contribution >= 4 is 39.2 Å². The topological polar surface area (TPSA) is 92.8 Å². The molecule has 0 aliphatic carbocycles. The fraction of sp³-hybridized carbons (Fsp3) is 0.385. The molecule has 1 aromatic carbocycles. The van der Waals surface area contributed by atoms with Crippen LogP contribution in [0.4, 0.5) is 5.69 Å². The van der Waals surface area contributed by atoms with E-state index in [4.69, 9.17) is 16.3 Å². The number of carbonyl (C=O) groups is 2. The quantitative estimate of drug-likeness (QED) is 0.813. The number of hydrogen-bond acceptors (Lipinski definition) is 5. The largest absolute Gasteiger partial charge is 0.453 e. The number of benzene rings is 1. The van der Waals surface area contributed by atoms with E-state index < -0.39 is 28.0 Å². The van der Waals surface area contributed by atoms with E-state index in [0.29, 0.717) is 0 Å². The number of halogens is 1. The summed E-state index contributed by atoms with van der Waals surface area (Å²) in [6, 6.07) is 4.06. The zero-order valence-electron chi connectivity index (χ0n) is 12.6. The van der Waals surface area contributed by atoms with Gasteiger partial charge in [-0.2, -0.15) is 0 Å². The zero-order chi connectivity index (χ0) is 17.1. The van der Waals surface area contributed by atoms with Crippen molar-refractivity contribution in [2.75, 3.05) is 19.4 Å². The summed E-state index contributed by atoms with van der Waals surface area (Å²) in [6.45, 7) is 2.60. The van der Waals surface area contributed by atoms with Gasteiger partial charge in [-0.1, -0.05) is 11.6 Å². The molecule has 0 saturated heterocycles. The van der Waals surface area contributed by atoms with Gasteiger partial charge in [0.05, 0.1) is 5.02 Å². The Morgan fingerprint density at radius 3 is 2.41 bits per heavy atom. The lowest BCUT2D eigenvalue weighted by atomic mass is 10.3. The molecule has 0 aromatic heterocycles. The monoisotopic (exact) mass is 348 g/mol. The van der Waals surface area contributed by atoms with E-state index in [0.717, 1.165) is 4.31 Å². The van der Waals surface area contributed by atoms with Crippen LogP contribution in [0.15, 0.2) is 23.1 Å². The predicted octanol–water partition coefficient (Wildman–Crippen LogP) is 1.48. The van der Waals surface area contributed by atoms with Crippen LogP contribution in [0.1, 0.15) is 13.8 Å². The molecule has 7 nitrogen and oxygen atoms in total. The standard InChI is InChI=1S/C13H17ClN2O5S/c1-8(21-9(2)17)13(18)15-10-5-6-11(14)12(7-10)22(19,20)16(3)4/h5-8H,1-4H3,(H,15,18)/t8-/m1/s1. The molecule has 9 heteroatoms. The minimum Gasteiger partial charge on any atom is -0.453 e. The fourth-order valence-corrected chi connectivity index (χ4v) is 2.92. The van der Waals surface area contributed by atoms with E-state index in [1.54, 1.807) is 0 Å². The number of anilines is 1. The molecule has 1 rings (SSSR count). The maximum atomic E-state index is 12.1. The van der Waals surface area contributed by atoms with E-state index >= 15 is 0 Å². The number of hydrogen-bond donors (Lipinski definition) is 1. The first-order chi connectivity index (χ1) is 10.1. The Morgan fingerprint density at radius 1 is 1.32 bits per heavy atom. The molecule has 0 unspecified atom stereocenters. The summed E-state index contributed by atoms with van der Waals surface area (Å²) in [5, 5.41) is 2.51. The van der Waals surface area contributed by atoms with Crippen LogP contribution in [0.5, 0.6) is 0 Å². The van der Waals surface area contributed by atoms with E-state index in [9.17, 15) is 18.0 Å². The molecule has 0 aliphatic heterocycles. The molecule has 1 atom stereocenters. The molecule has 0 aliphatic rings. The van der Waals surface area contributed by atoms with Crippen molar-refractivity contribution in [1.82, 2.24) is 4.31 Å². The van der Waals surface area contributed by atoms with Gasteiger partial charge in [-0.15, -0.1) is 0 Å². The van der Waals surface area contributed by atoms with Gasteiger partial charge >= 0.3 is 5.97 Å². The number of nitrogens with zero attached hydrogens (tertiary/aromatic N) is 1. The average molecular weight is 349 g/mol. The molecular formula is C13H17ClN2O5S. The van der Waals surface area contributed by atoms with E-state index in [1.165, 1.54) is 46.1 Å². The first kappa shape index (κ1) is 18.4. The highest BCUT2D eigenvalue weighted by Gasteiger charge is 2.22. The lowest BCUT2D eigenvalue weighted by molar-refractivity contribution is -0.150. The van der Waals surface area contributed by atoms with Crippen molar-refractivity contribution < 1.29 is 22.7 Å². The average Bonchev–Trinajstić information content (AvgIpc) is 2.39. The van der Waals surface area contributed by atoms with Gasteiger partial charge in [0.1, 0.15) is 4.90 Å². The summed E-state index contributed by atoms with van der Waals surface area (Å²) in [5.41, 5.74) is 0.230. The van der Waals surface area contributed by atoms with Crippen molar-refractivity contribution in [2.45, 2.75) is 24.8 Å². The van der Waals surface area contributed by atoms with Crippen molar-refractivity contribution in [3.05, 3.63) is 23.2 Å². The van der Waals surface area contributed by atoms with Crippen LogP contribution in [0.3, 0.4) is 0 Å². The smallest absolute Gasteiger partial charge is 0.303 e. The predicted molar refractivity (Wildman–Crippen MR) is 82.2 cm³/mol. The Balaban J connectivity index is 3.05. The summed E-state index contributed by atoms with van der Waals surface area (Å²) >= 11 is 5.90. The first-order valence-corrected chi connectivity index (χ1v) is 8.07. The molecule has 0 bridgehead atoms. The lowest BCUT2D eigenvalue weighted by Gasteiger charge is -2.15. The molecule has 122 valence electrons. The van der Waals surface area contributed by atoms with Gasteiger partial charge in [-0.05, 0) is 25.1 Å². The second-order valence-corrected chi connectivity index (χ2v) is 7.20. The molecular weight excluding hydrogens is 332 g/mol. The van der Waals surface area contributed by atoms with Crippen molar-refractivity contribution in [1.29, 1.82) is 0 Å². The third-order valence-corrected chi connectivity index (χ3v) is 4.97. The van der Waals surface area contributed by atoms with Gasteiger partial charge in [0.25, 0.3) is 5.91 Å². The third-order valence-electron chi connectivity index (χ3n) is 2.67. The van der Waals surface area contributed by atoms with E-state index in [-0.39, 0.29) is 15.6 Å². The number of esters is 1. The minimum absolute atomic E-state index is 0.0414. The molecule has 0 radical (unpaired) electrons. The van der Waals surface area contributed by atoms with Crippen molar-refractivity contribution in [2.24, 2.45) is 0 Å². The highest BCUT2D eigenvalue weighted by molar-refractivity contribution is 7.89. The van der Waals surface area contributed by atoms with Gasteiger partial charge in [0.2, 0.25) is 10.0 Å². The summed E-state index contributed by atoms with van der Waals surface area (Å²) < 4.78 is 30.0. The molecule has 1 N–H and O–H groups in total. The molecule has 0 fully saturated rings. The number of nitrogens with one attached hydrogen (secondary N) is 1. The molecule has 0 saturated carbocycles. The summed E-state index contributed by atoms with van der Waals surface area (Å²) in [5.74, 6) is -1.17. The zero-order valence-corrected chi connectivity index (χ0v) is 14.2. The van der Waals surface area contributed by atoms with E-state index in [2.05, 4.69) is 5.32 Å². The number of rotatable bonds is 5. The summed E-state index contributed by atoms with van der Waals surface area (Å²) in [7, 11) is -0.991. The van der Waals surface area contributed by atoms with Crippen LogP contribution in [0.2, 0.25) is 5.02 Å². The highest BCUT2D eigenvalue weighted by atomic mass is 35.5. The Morgan fingerprint density at radius 2 is 1.91 bits per heavy atom. The Bertz CT molecular complexity index is 688. The second kappa shape index (κ2) is 7.08.